The Morgan fingerprint density at radius 3 is 2.65 bits per heavy atom. The topological polar surface area (TPSA) is 24.3 Å². The molecule has 1 aromatic heterocycles. The molecule has 0 saturated carbocycles. The summed E-state index contributed by atoms with van der Waals surface area (Å²) in [4.78, 5) is 9.44. The first-order valence-electron chi connectivity index (χ1n) is 8.00. The van der Waals surface area contributed by atoms with Gasteiger partial charge in [-0.05, 0) is 59.3 Å². The van der Waals surface area contributed by atoms with Crippen LogP contribution in [0.3, 0.4) is 0 Å². The van der Waals surface area contributed by atoms with Crippen molar-refractivity contribution in [2.75, 3.05) is 27.2 Å². The maximum atomic E-state index is 4.52. The molecule has 0 aromatic carbocycles. The smallest absolute Gasteiger partial charge is 0.122 e. The van der Waals surface area contributed by atoms with Crippen LogP contribution in [0.25, 0.3) is 0 Å². The Morgan fingerprint density at radius 2 is 2.05 bits per heavy atom. The van der Waals surface area contributed by atoms with E-state index in [1.807, 2.05) is 6.20 Å². The van der Waals surface area contributed by atoms with Gasteiger partial charge in [-0.3, -0.25) is 4.90 Å². The minimum atomic E-state index is 0.694. The molecule has 0 spiro atoms. The zero-order valence-electron chi connectivity index (χ0n) is 13.5. The number of imidazole rings is 1. The third kappa shape index (κ3) is 3.83. The van der Waals surface area contributed by atoms with Crippen molar-refractivity contribution in [3.8, 4) is 0 Å². The van der Waals surface area contributed by atoms with E-state index in [2.05, 4.69) is 53.5 Å². The summed E-state index contributed by atoms with van der Waals surface area (Å²) in [5, 5.41) is 0. The van der Waals surface area contributed by atoms with Crippen LogP contribution in [0.5, 0.6) is 0 Å². The van der Waals surface area contributed by atoms with Crippen molar-refractivity contribution >= 4 is 0 Å². The standard InChI is InChI=1S/C16H30N4/c1-5-9-20-12-8-17-16(20)13-19-10-6-15(7-11-19)14(2)18(3)4/h8,12,14-15H,5-7,9-11,13H2,1-4H3/t14-/m1/s1. The van der Waals surface area contributed by atoms with Crippen molar-refractivity contribution < 1.29 is 0 Å². The maximum Gasteiger partial charge on any atom is 0.122 e. The zero-order valence-corrected chi connectivity index (χ0v) is 13.5. The molecule has 1 aliphatic rings. The first kappa shape index (κ1) is 15.5. The minimum absolute atomic E-state index is 0.694. The van der Waals surface area contributed by atoms with Crippen molar-refractivity contribution in [1.29, 1.82) is 0 Å². The van der Waals surface area contributed by atoms with E-state index < -0.39 is 0 Å². The molecule has 1 aromatic rings. The van der Waals surface area contributed by atoms with Gasteiger partial charge < -0.3 is 9.47 Å². The number of aromatic nitrogens is 2. The van der Waals surface area contributed by atoms with Crippen LogP contribution in [0.2, 0.25) is 0 Å². The van der Waals surface area contributed by atoms with E-state index >= 15 is 0 Å². The molecule has 4 heteroatoms. The highest BCUT2D eigenvalue weighted by molar-refractivity contribution is 4.93. The minimum Gasteiger partial charge on any atom is -0.334 e. The molecule has 2 heterocycles. The lowest BCUT2D eigenvalue weighted by Crippen LogP contribution is -2.41. The second-order valence-electron chi connectivity index (χ2n) is 6.35. The van der Waals surface area contributed by atoms with Gasteiger partial charge in [0.05, 0.1) is 6.54 Å². The molecule has 4 nitrogen and oxygen atoms in total. The van der Waals surface area contributed by atoms with Gasteiger partial charge in [-0.1, -0.05) is 6.92 Å². The van der Waals surface area contributed by atoms with Crippen molar-refractivity contribution in [2.24, 2.45) is 5.92 Å². The molecule has 0 radical (unpaired) electrons. The van der Waals surface area contributed by atoms with Gasteiger partial charge in [0, 0.05) is 25.0 Å². The fourth-order valence-electron chi connectivity index (χ4n) is 3.15. The molecule has 0 bridgehead atoms. The first-order valence-corrected chi connectivity index (χ1v) is 8.00. The van der Waals surface area contributed by atoms with Crippen LogP contribution in [0, 0.1) is 5.92 Å². The molecule has 1 fully saturated rings. The van der Waals surface area contributed by atoms with Gasteiger partial charge in [0.2, 0.25) is 0 Å². The summed E-state index contributed by atoms with van der Waals surface area (Å²) in [6, 6.07) is 0.694. The second kappa shape index (κ2) is 7.23. The van der Waals surface area contributed by atoms with Crippen LogP contribution in [0.15, 0.2) is 12.4 Å². The largest absolute Gasteiger partial charge is 0.334 e. The Labute approximate surface area is 123 Å². The van der Waals surface area contributed by atoms with Gasteiger partial charge in [-0.2, -0.15) is 0 Å². The Morgan fingerprint density at radius 1 is 1.35 bits per heavy atom. The molecule has 1 aliphatic heterocycles. The van der Waals surface area contributed by atoms with E-state index in [4.69, 9.17) is 0 Å². The molecule has 0 amide bonds. The number of hydrogen-bond donors (Lipinski definition) is 0. The lowest BCUT2D eigenvalue weighted by molar-refractivity contribution is 0.118. The van der Waals surface area contributed by atoms with Crippen LogP contribution in [-0.4, -0.2) is 52.6 Å². The highest BCUT2D eigenvalue weighted by Crippen LogP contribution is 2.23. The molecule has 1 atom stereocenters. The van der Waals surface area contributed by atoms with Crippen LogP contribution in [-0.2, 0) is 13.1 Å². The van der Waals surface area contributed by atoms with Crippen LogP contribution >= 0.6 is 0 Å². The van der Waals surface area contributed by atoms with Gasteiger partial charge in [0.15, 0.2) is 0 Å². The third-order valence-corrected chi connectivity index (χ3v) is 4.76. The lowest BCUT2D eigenvalue weighted by Gasteiger charge is -2.37. The Kier molecular flexibility index (Phi) is 5.61. The molecule has 0 N–H and O–H groups in total. The van der Waals surface area contributed by atoms with Gasteiger partial charge >= 0.3 is 0 Å². The number of rotatable bonds is 6. The van der Waals surface area contributed by atoms with E-state index in [0.717, 1.165) is 19.0 Å². The number of hydrogen-bond acceptors (Lipinski definition) is 3. The van der Waals surface area contributed by atoms with Gasteiger partial charge in [0.25, 0.3) is 0 Å². The van der Waals surface area contributed by atoms with Crippen molar-refractivity contribution in [1.82, 2.24) is 19.4 Å². The molecular weight excluding hydrogens is 248 g/mol. The molecule has 20 heavy (non-hydrogen) atoms. The molecule has 0 unspecified atom stereocenters. The van der Waals surface area contributed by atoms with E-state index in [1.54, 1.807) is 0 Å². The fraction of sp³-hybridized carbons (Fsp3) is 0.812. The number of likely N-dealkylation sites (tertiary alicyclic amines) is 1. The zero-order chi connectivity index (χ0) is 14.5. The normalized spacial score (nSPS) is 19.6. The summed E-state index contributed by atoms with van der Waals surface area (Å²) in [7, 11) is 4.39. The summed E-state index contributed by atoms with van der Waals surface area (Å²) in [5.41, 5.74) is 0. The summed E-state index contributed by atoms with van der Waals surface area (Å²) >= 11 is 0. The Bertz CT molecular complexity index is 391. The highest BCUT2D eigenvalue weighted by Gasteiger charge is 2.25. The third-order valence-electron chi connectivity index (χ3n) is 4.76. The summed E-state index contributed by atoms with van der Waals surface area (Å²) in [6.07, 6.45) is 7.85. The van der Waals surface area contributed by atoms with Crippen molar-refractivity contribution in [3.05, 3.63) is 18.2 Å². The van der Waals surface area contributed by atoms with Crippen LogP contribution in [0.1, 0.15) is 38.9 Å². The molecule has 114 valence electrons. The Hall–Kier alpha value is -0.870. The van der Waals surface area contributed by atoms with Crippen molar-refractivity contribution in [3.63, 3.8) is 0 Å². The van der Waals surface area contributed by atoms with E-state index in [1.165, 1.54) is 38.2 Å². The van der Waals surface area contributed by atoms with Crippen LogP contribution in [0.4, 0.5) is 0 Å². The maximum absolute atomic E-state index is 4.52. The second-order valence-corrected chi connectivity index (χ2v) is 6.35. The fourth-order valence-corrected chi connectivity index (χ4v) is 3.15. The molecule has 0 aliphatic carbocycles. The van der Waals surface area contributed by atoms with E-state index in [-0.39, 0.29) is 0 Å². The first-order chi connectivity index (χ1) is 9.61. The molecule has 2 rings (SSSR count). The number of aryl methyl sites for hydroxylation is 1. The SMILES string of the molecule is CCCn1ccnc1CN1CCC([C@@H](C)N(C)C)CC1. The summed E-state index contributed by atoms with van der Waals surface area (Å²) < 4.78 is 2.30. The summed E-state index contributed by atoms with van der Waals surface area (Å²) in [5.74, 6) is 2.07. The predicted molar refractivity (Wildman–Crippen MR) is 83.7 cm³/mol. The van der Waals surface area contributed by atoms with E-state index in [0.29, 0.717) is 6.04 Å². The highest BCUT2D eigenvalue weighted by atomic mass is 15.2. The Balaban J connectivity index is 1.83. The average Bonchev–Trinajstić information content (AvgIpc) is 2.86. The molecular formula is C16H30N4. The van der Waals surface area contributed by atoms with Gasteiger partial charge in [0.1, 0.15) is 5.82 Å². The quantitative estimate of drug-likeness (QED) is 0.799. The number of nitrogens with zero attached hydrogens (tertiary/aromatic N) is 4. The van der Waals surface area contributed by atoms with Gasteiger partial charge in [-0.25, -0.2) is 4.98 Å². The average molecular weight is 278 g/mol. The summed E-state index contributed by atoms with van der Waals surface area (Å²) in [6.45, 7) is 9.09. The van der Waals surface area contributed by atoms with E-state index in [9.17, 15) is 0 Å². The van der Waals surface area contributed by atoms with Crippen molar-refractivity contribution in [2.45, 2.75) is 52.2 Å². The monoisotopic (exact) mass is 278 g/mol. The van der Waals surface area contributed by atoms with Gasteiger partial charge in [-0.15, -0.1) is 0 Å². The van der Waals surface area contributed by atoms with Crippen LogP contribution < -0.4 is 0 Å². The molecule has 1 saturated heterocycles. The lowest BCUT2D eigenvalue weighted by atomic mass is 9.90. The number of piperidine rings is 1. The predicted octanol–water partition coefficient (Wildman–Crippen LogP) is 2.46.